The van der Waals surface area contributed by atoms with E-state index in [0.717, 1.165) is 0 Å². The highest BCUT2D eigenvalue weighted by molar-refractivity contribution is 7.89. The van der Waals surface area contributed by atoms with Crippen molar-refractivity contribution in [1.29, 1.82) is 0 Å². The van der Waals surface area contributed by atoms with E-state index in [2.05, 4.69) is 14.7 Å². The Morgan fingerprint density at radius 3 is 2.33 bits per heavy atom. The van der Waals surface area contributed by atoms with Gasteiger partial charge in [-0.15, -0.1) is 0 Å². The van der Waals surface area contributed by atoms with Gasteiger partial charge in [-0.1, -0.05) is 29.4 Å². The van der Waals surface area contributed by atoms with Crippen molar-refractivity contribution in [2.75, 3.05) is 19.5 Å². The van der Waals surface area contributed by atoms with Gasteiger partial charge in [0.25, 0.3) is 0 Å². The van der Waals surface area contributed by atoms with Crippen molar-refractivity contribution in [3.05, 3.63) is 35.7 Å². The first kappa shape index (κ1) is 21.3. The highest BCUT2D eigenvalue weighted by Crippen LogP contribution is 2.29. The number of methoxy groups -OCH3 is 1. The monoisotopic (exact) mass is 407 g/mol. The van der Waals surface area contributed by atoms with Crippen LogP contribution in [0.1, 0.15) is 25.3 Å². The number of hydrogen-bond donors (Lipinski definition) is 0. The molecule has 1 heterocycles. The number of nitrogens with zero attached hydrogens (tertiary/aromatic N) is 3. The van der Waals surface area contributed by atoms with E-state index in [1.54, 1.807) is 26.0 Å². The lowest BCUT2D eigenvalue weighted by Crippen LogP contribution is -2.38. The van der Waals surface area contributed by atoms with Gasteiger partial charge in [0, 0.05) is 25.3 Å². The number of alkyl halides is 3. The zero-order valence-electron chi connectivity index (χ0n) is 15.0. The van der Waals surface area contributed by atoms with E-state index in [1.165, 1.54) is 23.5 Å². The van der Waals surface area contributed by atoms with Crippen molar-refractivity contribution >= 4 is 10.0 Å². The normalized spacial score (nSPS) is 12.9. The third-order valence-electron chi connectivity index (χ3n) is 3.70. The molecule has 0 atom stereocenters. The van der Waals surface area contributed by atoms with Gasteiger partial charge in [0.1, 0.15) is 0 Å². The maximum absolute atomic E-state index is 12.5. The Labute approximate surface area is 155 Å². The Kier molecular flexibility index (Phi) is 6.60. The minimum Gasteiger partial charge on any atom is -0.384 e. The van der Waals surface area contributed by atoms with Crippen LogP contribution in [0.4, 0.5) is 13.2 Å². The molecule has 1 aromatic carbocycles. The largest absolute Gasteiger partial charge is 0.471 e. The zero-order valence-corrected chi connectivity index (χ0v) is 15.8. The minimum atomic E-state index is -4.71. The second kappa shape index (κ2) is 8.36. The molecule has 0 saturated heterocycles. The van der Waals surface area contributed by atoms with Crippen LogP contribution in [0.25, 0.3) is 11.4 Å². The molecular formula is C16H20F3N3O4S. The van der Waals surface area contributed by atoms with Crippen molar-refractivity contribution in [1.82, 2.24) is 14.4 Å². The molecule has 0 aliphatic carbocycles. The predicted octanol–water partition coefficient (Wildman–Crippen LogP) is 2.94. The lowest BCUT2D eigenvalue weighted by molar-refractivity contribution is -0.159. The molecular weight excluding hydrogens is 387 g/mol. The first-order valence-corrected chi connectivity index (χ1v) is 9.64. The Balaban J connectivity index is 2.17. The summed E-state index contributed by atoms with van der Waals surface area (Å²) >= 11 is 0. The van der Waals surface area contributed by atoms with Gasteiger partial charge in [-0.05, 0) is 19.4 Å². The summed E-state index contributed by atoms with van der Waals surface area (Å²) in [6, 6.07) is 5.99. The lowest BCUT2D eigenvalue weighted by Gasteiger charge is -2.26. The summed E-state index contributed by atoms with van der Waals surface area (Å²) in [4.78, 5) is 3.32. The van der Waals surface area contributed by atoms with Crippen molar-refractivity contribution in [3.8, 4) is 11.4 Å². The summed E-state index contributed by atoms with van der Waals surface area (Å²) in [5.41, 5.74) is 1.00. The molecule has 0 bridgehead atoms. The van der Waals surface area contributed by atoms with E-state index in [1.807, 2.05) is 0 Å². The summed E-state index contributed by atoms with van der Waals surface area (Å²) < 4.78 is 72.8. The van der Waals surface area contributed by atoms with E-state index in [-0.39, 0.29) is 30.8 Å². The third kappa shape index (κ3) is 5.50. The summed E-state index contributed by atoms with van der Waals surface area (Å²) in [6.07, 6.45) is -4.71. The first-order valence-electron chi connectivity index (χ1n) is 8.03. The first-order chi connectivity index (χ1) is 12.5. The molecule has 0 saturated carbocycles. The molecule has 1 aromatic heterocycles. The molecule has 0 fully saturated rings. The van der Waals surface area contributed by atoms with Crippen LogP contribution in [0, 0.1) is 0 Å². The highest BCUT2D eigenvalue weighted by atomic mass is 32.2. The number of halogens is 3. The minimum absolute atomic E-state index is 0.0872. The van der Waals surface area contributed by atoms with E-state index in [9.17, 15) is 21.6 Å². The van der Waals surface area contributed by atoms with Crippen LogP contribution < -0.4 is 0 Å². The molecule has 11 heteroatoms. The number of rotatable bonds is 8. The number of sulfonamides is 1. The Morgan fingerprint density at radius 1 is 1.22 bits per heavy atom. The van der Waals surface area contributed by atoms with Crippen molar-refractivity contribution < 1.29 is 30.8 Å². The molecule has 0 unspecified atom stereocenters. The maximum atomic E-state index is 12.5. The van der Waals surface area contributed by atoms with Gasteiger partial charge in [-0.25, -0.2) is 8.42 Å². The number of aromatic nitrogens is 2. The van der Waals surface area contributed by atoms with Crippen LogP contribution in [0.2, 0.25) is 0 Å². The van der Waals surface area contributed by atoms with E-state index in [4.69, 9.17) is 4.74 Å². The van der Waals surface area contributed by atoms with Gasteiger partial charge in [0.15, 0.2) is 0 Å². The van der Waals surface area contributed by atoms with Crippen LogP contribution in [0.3, 0.4) is 0 Å². The van der Waals surface area contributed by atoms with Gasteiger partial charge in [0.2, 0.25) is 15.8 Å². The predicted molar refractivity (Wildman–Crippen MR) is 91.1 cm³/mol. The number of hydrogen-bond acceptors (Lipinski definition) is 6. The van der Waals surface area contributed by atoms with Crippen LogP contribution in [-0.2, 0) is 27.5 Å². The average Bonchev–Trinajstić information content (AvgIpc) is 3.08. The fourth-order valence-electron chi connectivity index (χ4n) is 2.30. The fraction of sp³-hybridized carbons (Fsp3) is 0.500. The molecule has 2 rings (SSSR count). The summed E-state index contributed by atoms with van der Waals surface area (Å²) in [7, 11) is -2.09. The number of benzene rings is 1. The average molecular weight is 407 g/mol. The molecule has 0 aliphatic heterocycles. The molecule has 150 valence electrons. The van der Waals surface area contributed by atoms with Crippen LogP contribution in [0.5, 0.6) is 0 Å². The second-order valence-electron chi connectivity index (χ2n) is 6.07. The van der Waals surface area contributed by atoms with Gasteiger partial charge in [-0.2, -0.15) is 22.5 Å². The van der Waals surface area contributed by atoms with E-state index >= 15 is 0 Å². The molecule has 0 radical (unpaired) electrons. The third-order valence-corrected chi connectivity index (χ3v) is 5.65. The van der Waals surface area contributed by atoms with Crippen molar-refractivity contribution in [3.63, 3.8) is 0 Å². The molecule has 0 spiro atoms. The number of ether oxygens (including phenoxy) is 1. The SMILES string of the molecule is COCCS(=O)(=O)N(Cc1ccc(-c2noc(C(F)(F)F)n2)cc1)C(C)C. The molecule has 0 aliphatic rings. The summed E-state index contributed by atoms with van der Waals surface area (Å²) in [5.74, 6) is -1.75. The van der Waals surface area contributed by atoms with E-state index in [0.29, 0.717) is 11.1 Å². The molecule has 0 N–H and O–H groups in total. The molecule has 0 amide bonds. The van der Waals surface area contributed by atoms with Crippen molar-refractivity contribution in [2.24, 2.45) is 0 Å². The van der Waals surface area contributed by atoms with Crippen LogP contribution in [0.15, 0.2) is 28.8 Å². The van der Waals surface area contributed by atoms with E-state index < -0.39 is 22.1 Å². The van der Waals surface area contributed by atoms with Crippen molar-refractivity contribution in [2.45, 2.75) is 32.6 Å². The topological polar surface area (TPSA) is 85.5 Å². The molecule has 7 nitrogen and oxygen atoms in total. The van der Waals surface area contributed by atoms with Crippen LogP contribution in [-0.4, -0.2) is 48.4 Å². The Morgan fingerprint density at radius 2 is 1.85 bits per heavy atom. The lowest BCUT2D eigenvalue weighted by atomic mass is 10.1. The quantitative estimate of drug-likeness (QED) is 0.669. The van der Waals surface area contributed by atoms with Gasteiger partial charge < -0.3 is 9.26 Å². The highest BCUT2D eigenvalue weighted by Gasteiger charge is 2.38. The molecule has 27 heavy (non-hydrogen) atoms. The smallest absolute Gasteiger partial charge is 0.384 e. The standard InChI is InChI=1S/C16H20F3N3O4S/c1-11(2)22(27(23,24)9-8-25-3)10-12-4-6-13(7-5-12)14-20-15(26-21-14)16(17,18)19/h4-7,11H,8-10H2,1-3H3. The Bertz CT molecular complexity index is 849. The van der Waals surface area contributed by atoms with Gasteiger partial charge in [0.05, 0.1) is 12.4 Å². The summed E-state index contributed by atoms with van der Waals surface area (Å²) in [6.45, 7) is 3.74. The van der Waals surface area contributed by atoms with Crippen LogP contribution >= 0.6 is 0 Å². The summed E-state index contributed by atoms with van der Waals surface area (Å²) in [5, 5.41) is 3.32. The Hall–Kier alpha value is -1.98. The molecule has 2 aromatic rings. The zero-order chi connectivity index (χ0) is 20.2. The van der Waals surface area contributed by atoms with Gasteiger partial charge in [-0.3, -0.25) is 0 Å². The maximum Gasteiger partial charge on any atom is 0.471 e. The van der Waals surface area contributed by atoms with Gasteiger partial charge >= 0.3 is 12.1 Å². The fourth-order valence-corrected chi connectivity index (χ4v) is 3.90. The second-order valence-corrected chi connectivity index (χ2v) is 8.11.